The summed E-state index contributed by atoms with van der Waals surface area (Å²) >= 11 is 7.16. The van der Waals surface area contributed by atoms with Crippen LogP contribution in [0.4, 0.5) is 0 Å². The molecule has 0 aliphatic rings. The molecule has 0 radical (unpaired) electrons. The predicted octanol–water partition coefficient (Wildman–Crippen LogP) is 4.36. The van der Waals surface area contributed by atoms with Crippen LogP contribution in [0.1, 0.15) is 45.6 Å². The maximum absolute atomic E-state index is 5.91. The third kappa shape index (κ3) is 6.92. The van der Waals surface area contributed by atoms with Crippen molar-refractivity contribution in [2.24, 2.45) is 0 Å². The minimum absolute atomic E-state index is 0.323. The Bertz CT molecular complexity index is 503. The highest BCUT2D eigenvalue weighted by atomic mass is 32.9. The van der Waals surface area contributed by atoms with Gasteiger partial charge in [-0.2, -0.15) is 4.98 Å². The quantitative estimate of drug-likeness (QED) is 0.541. The van der Waals surface area contributed by atoms with Crippen molar-refractivity contribution in [2.45, 2.75) is 47.1 Å². The van der Waals surface area contributed by atoms with E-state index in [1.165, 1.54) is 0 Å². The molecule has 0 aromatic carbocycles. The molecular weight excluding hydrogens is 339 g/mol. The zero-order chi connectivity index (χ0) is 16.4. The highest BCUT2D eigenvalue weighted by molar-refractivity contribution is 8.67. The topological polar surface area (TPSA) is 53.5 Å². The molecule has 5 nitrogen and oxygen atoms in total. The van der Waals surface area contributed by atoms with E-state index in [1.807, 2.05) is 20.8 Å². The second-order valence-electron chi connectivity index (χ2n) is 4.37. The van der Waals surface area contributed by atoms with Gasteiger partial charge in [0.1, 0.15) is 5.82 Å². The van der Waals surface area contributed by atoms with Gasteiger partial charge in [0.2, 0.25) is 11.6 Å². The van der Waals surface area contributed by atoms with Crippen LogP contribution < -0.4 is 4.74 Å². The summed E-state index contributed by atoms with van der Waals surface area (Å²) in [4.78, 5) is 8.80. The van der Waals surface area contributed by atoms with E-state index in [4.69, 9.17) is 25.6 Å². The summed E-state index contributed by atoms with van der Waals surface area (Å²) in [5.74, 6) is 2.26. The first-order chi connectivity index (χ1) is 10.6. The lowest BCUT2D eigenvalue weighted by molar-refractivity contribution is 0.257. The van der Waals surface area contributed by atoms with Crippen molar-refractivity contribution in [2.75, 3.05) is 19.0 Å². The van der Waals surface area contributed by atoms with Gasteiger partial charge in [0, 0.05) is 18.2 Å². The predicted molar refractivity (Wildman–Crippen MR) is 96.0 cm³/mol. The smallest absolute Gasteiger partial charge is 0.247 e. The highest BCUT2D eigenvalue weighted by Crippen LogP contribution is 2.61. The van der Waals surface area contributed by atoms with Crippen molar-refractivity contribution < 1.29 is 13.8 Å². The van der Waals surface area contributed by atoms with Crippen LogP contribution in [0.3, 0.4) is 0 Å². The number of hydrogen-bond acceptors (Lipinski definition) is 7. The Labute approximate surface area is 142 Å². The Morgan fingerprint density at radius 2 is 1.91 bits per heavy atom. The second-order valence-corrected chi connectivity index (χ2v) is 10.8. The molecule has 8 heteroatoms. The van der Waals surface area contributed by atoms with Crippen LogP contribution >= 0.6 is 17.1 Å². The molecule has 1 rings (SSSR count). The number of ether oxygens (including phenoxy) is 1. The normalized spacial score (nSPS) is 13.8. The second kappa shape index (κ2) is 10.6. The molecule has 0 aliphatic heterocycles. The van der Waals surface area contributed by atoms with Gasteiger partial charge in [-0.1, -0.05) is 25.2 Å². The van der Waals surface area contributed by atoms with Crippen LogP contribution in [-0.2, 0) is 33.9 Å². The van der Waals surface area contributed by atoms with Crippen LogP contribution in [0.5, 0.6) is 5.88 Å². The maximum Gasteiger partial charge on any atom is 0.247 e. The van der Waals surface area contributed by atoms with Gasteiger partial charge in [-0.15, -0.1) is 0 Å². The van der Waals surface area contributed by atoms with E-state index in [0.717, 1.165) is 30.1 Å². The maximum atomic E-state index is 5.91. The number of nitrogens with zero attached hydrogens (tertiary/aromatic N) is 2. The summed E-state index contributed by atoms with van der Waals surface area (Å²) in [5, 5.41) is 0. The SMILES string of the molecule is CCCS[P@@](=S)(OCC)OCc1cc(OCC)nc(CC)n1. The molecule has 1 heterocycles. The molecule has 0 fully saturated rings. The average Bonchev–Trinajstić information content (AvgIpc) is 2.51. The minimum Gasteiger partial charge on any atom is -0.478 e. The van der Waals surface area contributed by atoms with E-state index in [2.05, 4.69) is 16.9 Å². The lowest BCUT2D eigenvalue weighted by atomic mass is 10.3. The fourth-order valence-corrected chi connectivity index (χ4v) is 6.12. The molecular formula is C14H25N2O3PS2. The third-order valence-electron chi connectivity index (χ3n) is 2.52. The van der Waals surface area contributed by atoms with Gasteiger partial charge in [-0.3, -0.25) is 0 Å². The van der Waals surface area contributed by atoms with Gasteiger partial charge < -0.3 is 13.8 Å². The Kier molecular flexibility index (Phi) is 9.52. The Balaban J connectivity index is 2.79. The summed E-state index contributed by atoms with van der Waals surface area (Å²) in [7, 11) is 0. The van der Waals surface area contributed by atoms with E-state index in [9.17, 15) is 0 Å². The van der Waals surface area contributed by atoms with Gasteiger partial charge in [-0.05, 0) is 32.1 Å². The molecule has 1 aromatic rings. The van der Waals surface area contributed by atoms with E-state index >= 15 is 0 Å². The Morgan fingerprint density at radius 1 is 1.14 bits per heavy atom. The summed E-state index contributed by atoms with van der Waals surface area (Å²) in [6.45, 7) is 9.45. The van der Waals surface area contributed by atoms with Gasteiger partial charge in [-0.25, -0.2) is 4.98 Å². The van der Waals surface area contributed by atoms with Gasteiger partial charge in [0.25, 0.3) is 0 Å². The standard InChI is InChI=1S/C14H25N2O3PS2/c1-5-9-22-20(21,18-8-4)19-11-12-10-14(17-7-3)16-13(6-2)15-12/h10H,5-9,11H2,1-4H3/t20-/m0/s1. The van der Waals surface area contributed by atoms with Crippen LogP contribution in [0.15, 0.2) is 6.07 Å². The zero-order valence-electron chi connectivity index (χ0n) is 13.7. The summed E-state index contributed by atoms with van der Waals surface area (Å²) < 4.78 is 17.1. The van der Waals surface area contributed by atoms with Crippen LogP contribution in [0, 0.1) is 0 Å². The molecule has 0 spiro atoms. The number of aromatic nitrogens is 2. The molecule has 0 saturated heterocycles. The van der Waals surface area contributed by atoms with Crippen molar-refractivity contribution in [3.63, 3.8) is 0 Å². The van der Waals surface area contributed by atoms with Gasteiger partial charge in [0.05, 0.1) is 25.5 Å². The van der Waals surface area contributed by atoms with Crippen molar-refractivity contribution in [3.8, 4) is 5.88 Å². The molecule has 0 amide bonds. The molecule has 0 saturated carbocycles. The first-order valence-corrected chi connectivity index (χ1v) is 11.8. The zero-order valence-corrected chi connectivity index (χ0v) is 16.2. The van der Waals surface area contributed by atoms with E-state index in [1.54, 1.807) is 17.4 Å². The first kappa shape index (κ1) is 19.8. The molecule has 1 atom stereocenters. The van der Waals surface area contributed by atoms with Gasteiger partial charge >= 0.3 is 0 Å². The van der Waals surface area contributed by atoms with Crippen molar-refractivity contribution in [1.29, 1.82) is 0 Å². The fraction of sp³-hybridized carbons (Fsp3) is 0.714. The summed E-state index contributed by atoms with van der Waals surface area (Å²) in [5.41, 5.74) is -1.53. The number of aryl methyl sites for hydroxylation is 1. The molecule has 22 heavy (non-hydrogen) atoms. The fourth-order valence-electron chi connectivity index (χ4n) is 1.60. The van der Waals surface area contributed by atoms with E-state index in [0.29, 0.717) is 25.7 Å². The molecule has 0 bridgehead atoms. The van der Waals surface area contributed by atoms with E-state index in [-0.39, 0.29) is 0 Å². The molecule has 0 aliphatic carbocycles. The highest BCUT2D eigenvalue weighted by Gasteiger charge is 2.20. The molecule has 0 unspecified atom stereocenters. The Hall–Kier alpha value is -0.200. The number of hydrogen-bond donors (Lipinski definition) is 0. The first-order valence-electron chi connectivity index (χ1n) is 7.60. The molecule has 126 valence electrons. The summed E-state index contributed by atoms with van der Waals surface area (Å²) in [6, 6.07) is 1.80. The minimum atomic E-state index is -2.31. The Morgan fingerprint density at radius 3 is 2.50 bits per heavy atom. The monoisotopic (exact) mass is 364 g/mol. The molecule has 1 aromatic heterocycles. The average molecular weight is 364 g/mol. The van der Waals surface area contributed by atoms with Gasteiger partial charge in [0.15, 0.2) is 0 Å². The van der Waals surface area contributed by atoms with Crippen molar-refractivity contribution in [1.82, 2.24) is 9.97 Å². The summed E-state index contributed by atoms with van der Waals surface area (Å²) in [6.07, 6.45) is 1.79. The van der Waals surface area contributed by atoms with E-state index < -0.39 is 5.69 Å². The molecule has 0 N–H and O–H groups in total. The third-order valence-corrected chi connectivity index (χ3v) is 8.16. The lowest BCUT2D eigenvalue weighted by Gasteiger charge is -2.20. The van der Waals surface area contributed by atoms with Crippen molar-refractivity contribution >= 4 is 28.9 Å². The van der Waals surface area contributed by atoms with Crippen LogP contribution in [-0.4, -0.2) is 28.9 Å². The lowest BCUT2D eigenvalue weighted by Crippen LogP contribution is -2.04. The van der Waals surface area contributed by atoms with Crippen molar-refractivity contribution in [3.05, 3.63) is 17.6 Å². The van der Waals surface area contributed by atoms with Crippen LogP contribution in [0.2, 0.25) is 0 Å². The number of rotatable bonds is 11. The van der Waals surface area contributed by atoms with Crippen LogP contribution in [0.25, 0.3) is 0 Å². The largest absolute Gasteiger partial charge is 0.478 e.